The molecule has 0 saturated heterocycles. The highest BCUT2D eigenvalue weighted by molar-refractivity contribution is 7.07. The van der Waals surface area contributed by atoms with Gasteiger partial charge in [-0.25, -0.2) is 9.79 Å². The molecule has 0 saturated carbocycles. The van der Waals surface area contributed by atoms with Gasteiger partial charge in [0.2, 0.25) is 0 Å². The summed E-state index contributed by atoms with van der Waals surface area (Å²) in [5.41, 5.74) is 2.08. The van der Waals surface area contributed by atoms with Gasteiger partial charge in [-0.05, 0) is 60.5 Å². The van der Waals surface area contributed by atoms with Crippen molar-refractivity contribution in [3.8, 4) is 17.1 Å². The van der Waals surface area contributed by atoms with Crippen LogP contribution in [0.2, 0.25) is 10.0 Å². The number of nitrogens with zero attached hydrogens (tertiary/aromatic N) is 2. The van der Waals surface area contributed by atoms with Crippen LogP contribution in [-0.2, 0) is 9.53 Å². The monoisotopic (exact) mass is 646 g/mol. The normalized spacial score (nSPS) is 14.9. The Hall–Kier alpha value is -4.11. The number of hydrogen-bond donors (Lipinski definition) is 0. The number of halogens is 2. The number of hydrogen-bond acceptors (Lipinski definition) is 7. The van der Waals surface area contributed by atoms with Crippen LogP contribution < -0.4 is 19.6 Å². The van der Waals surface area contributed by atoms with Gasteiger partial charge in [-0.1, -0.05) is 78.2 Å². The van der Waals surface area contributed by atoms with Gasteiger partial charge in [0, 0.05) is 17.2 Å². The molecule has 0 N–H and O–H groups in total. The molecule has 224 valence electrons. The number of ether oxygens (including phenoxy) is 2. The molecule has 7 nitrogen and oxygen atoms in total. The molecule has 0 aliphatic carbocycles. The molecule has 0 radical (unpaired) electrons. The Morgan fingerprint density at radius 1 is 1.07 bits per heavy atom. The van der Waals surface area contributed by atoms with Gasteiger partial charge in [0.05, 0.1) is 39.6 Å². The lowest BCUT2D eigenvalue weighted by Gasteiger charge is -2.28. The van der Waals surface area contributed by atoms with Crippen LogP contribution in [0.1, 0.15) is 44.1 Å². The van der Waals surface area contributed by atoms with Crippen molar-refractivity contribution in [1.82, 2.24) is 4.57 Å². The maximum absolute atomic E-state index is 14.3. The summed E-state index contributed by atoms with van der Waals surface area (Å²) < 4.78 is 19.5. The first-order valence-corrected chi connectivity index (χ1v) is 15.7. The van der Waals surface area contributed by atoms with Crippen LogP contribution in [0, 0.1) is 0 Å². The van der Waals surface area contributed by atoms with Crippen LogP contribution in [0.5, 0.6) is 5.75 Å². The number of methoxy groups -OCH3 is 1. The van der Waals surface area contributed by atoms with E-state index in [1.165, 1.54) is 11.3 Å². The molecule has 44 heavy (non-hydrogen) atoms. The summed E-state index contributed by atoms with van der Waals surface area (Å²) in [5, 5.41) is 2.68. The highest BCUT2D eigenvalue weighted by Crippen LogP contribution is 2.41. The average Bonchev–Trinajstić information content (AvgIpc) is 3.61. The summed E-state index contributed by atoms with van der Waals surface area (Å²) >= 11 is 13.5. The van der Waals surface area contributed by atoms with Gasteiger partial charge < -0.3 is 13.9 Å². The van der Waals surface area contributed by atoms with E-state index in [1.807, 2.05) is 55.5 Å². The first kappa shape index (κ1) is 29.9. The van der Waals surface area contributed by atoms with Gasteiger partial charge in [-0.3, -0.25) is 9.36 Å². The van der Waals surface area contributed by atoms with Gasteiger partial charge in [-0.15, -0.1) is 0 Å². The number of esters is 1. The van der Waals surface area contributed by atoms with E-state index in [1.54, 1.807) is 42.9 Å². The lowest BCUT2D eigenvalue weighted by molar-refractivity contribution is -0.139. The standard InChI is InChI=1S/C34H28Cl2N2O5S/c1-4-8-25-30(33(40)42-5-2)31(29-22-10-7-6-9-19(22)12-15-27(29)41-3)38-32(39)28(44-34(38)37-25)18-21-13-16-26(43-21)20-11-14-23(35)24(36)17-20/h6-7,9-18,31H,4-5,8H2,1-3H3/b28-18-. The highest BCUT2D eigenvalue weighted by atomic mass is 35.5. The first-order chi connectivity index (χ1) is 21.3. The summed E-state index contributed by atoms with van der Waals surface area (Å²) in [6.07, 6.45) is 2.98. The molecular weight excluding hydrogens is 619 g/mol. The minimum absolute atomic E-state index is 0.186. The van der Waals surface area contributed by atoms with E-state index in [0.717, 1.165) is 22.8 Å². The summed E-state index contributed by atoms with van der Waals surface area (Å²) in [5.74, 6) is 1.11. The lowest BCUT2D eigenvalue weighted by Crippen LogP contribution is -2.40. The highest BCUT2D eigenvalue weighted by Gasteiger charge is 2.37. The number of thiazole rings is 1. The maximum atomic E-state index is 14.3. The van der Waals surface area contributed by atoms with Crippen molar-refractivity contribution in [2.45, 2.75) is 32.7 Å². The summed E-state index contributed by atoms with van der Waals surface area (Å²) in [6, 6.07) is 19.7. The number of carbonyl (C=O) groups excluding carboxylic acids is 1. The predicted molar refractivity (Wildman–Crippen MR) is 174 cm³/mol. The van der Waals surface area contributed by atoms with Gasteiger partial charge in [-0.2, -0.15) is 0 Å². The predicted octanol–water partition coefficient (Wildman–Crippen LogP) is 7.31. The number of aromatic nitrogens is 1. The zero-order valence-corrected chi connectivity index (χ0v) is 26.6. The molecule has 10 heteroatoms. The van der Waals surface area contributed by atoms with E-state index in [9.17, 15) is 9.59 Å². The van der Waals surface area contributed by atoms with Crippen molar-refractivity contribution in [3.63, 3.8) is 0 Å². The molecule has 2 aromatic heterocycles. The Morgan fingerprint density at radius 2 is 1.89 bits per heavy atom. The van der Waals surface area contributed by atoms with Crippen LogP contribution >= 0.6 is 34.5 Å². The summed E-state index contributed by atoms with van der Waals surface area (Å²) in [4.78, 5) is 33.3. The smallest absolute Gasteiger partial charge is 0.338 e. The largest absolute Gasteiger partial charge is 0.496 e. The van der Waals surface area contributed by atoms with Crippen molar-refractivity contribution in [2.24, 2.45) is 4.99 Å². The van der Waals surface area contributed by atoms with E-state index in [-0.39, 0.29) is 12.2 Å². The Kier molecular flexibility index (Phi) is 8.49. The molecule has 0 spiro atoms. The fourth-order valence-corrected chi connectivity index (χ4v) is 6.79. The number of benzene rings is 3. The molecule has 5 aromatic rings. The van der Waals surface area contributed by atoms with E-state index in [4.69, 9.17) is 42.1 Å². The van der Waals surface area contributed by atoms with Gasteiger partial charge in [0.15, 0.2) is 4.80 Å². The summed E-state index contributed by atoms with van der Waals surface area (Å²) in [7, 11) is 1.58. The van der Waals surface area contributed by atoms with Gasteiger partial charge >= 0.3 is 5.97 Å². The van der Waals surface area contributed by atoms with Crippen LogP contribution in [0.15, 0.2) is 92.2 Å². The van der Waals surface area contributed by atoms with E-state index >= 15 is 0 Å². The van der Waals surface area contributed by atoms with Crippen LogP contribution in [-0.4, -0.2) is 24.3 Å². The molecular formula is C34H28Cl2N2O5S. The number of fused-ring (bicyclic) bond motifs is 2. The lowest BCUT2D eigenvalue weighted by atomic mass is 9.90. The molecule has 1 unspecified atom stereocenters. The van der Waals surface area contributed by atoms with Gasteiger partial charge in [0.25, 0.3) is 5.56 Å². The van der Waals surface area contributed by atoms with Crippen molar-refractivity contribution in [3.05, 3.63) is 119 Å². The third-order valence-electron chi connectivity index (χ3n) is 7.42. The van der Waals surface area contributed by atoms with Crippen molar-refractivity contribution in [2.75, 3.05) is 13.7 Å². The molecule has 6 rings (SSSR count). The van der Waals surface area contributed by atoms with Crippen molar-refractivity contribution >= 4 is 57.4 Å². The fourth-order valence-electron chi connectivity index (χ4n) is 5.49. The Balaban J connectivity index is 1.59. The number of carbonyl (C=O) groups is 1. The molecule has 3 aromatic carbocycles. The van der Waals surface area contributed by atoms with E-state index in [2.05, 4.69) is 0 Å². The topological polar surface area (TPSA) is 83.0 Å². The SMILES string of the molecule is CCCC1=C(C(=O)OCC)C(c2c(OC)ccc3ccccc23)n2c(s/c(=C\c3ccc(-c4ccc(Cl)c(Cl)c4)o3)c2=O)=N1. The summed E-state index contributed by atoms with van der Waals surface area (Å²) in [6.45, 7) is 3.97. The minimum Gasteiger partial charge on any atom is -0.496 e. The zero-order valence-electron chi connectivity index (χ0n) is 24.2. The molecule has 1 aliphatic rings. The van der Waals surface area contributed by atoms with Crippen molar-refractivity contribution < 1.29 is 18.7 Å². The molecule has 3 heterocycles. The number of furan rings is 1. The van der Waals surface area contributed by atoms with Gasteiger partial charge in [0.1, 0.15) is 23.3 Å². The molecule has 1 aliphatic heterocycles. The fraction of sp³-hybridized carbons (Fsp3) is 0.206. The van der Waals surface area contributed by atoms with Crippen molar-refractivity contribution in [1.29, 1.82) is 0 Å². The second kappa shape index (κ2) is 12.5. The molecule has 0 amide bonds. The average molecular weight is 648 g/mol. The first-order valence-electron chi connectivity index (χ1n) is 14.2. The third kappa shape index (κ3) is 5.38. The molecule has 0 fully saturated rings. The van der Waals surface area contributed by atoms with Crippen LogP contribution in [0.4, 0.5) is 0 Å². The second-order valence-electron chi connectivity index (χ2n) is 10.1. The van der Waals surface area contributed by atoms with E-state index in [0.29, 0.717) is 59.9 Å². The molecule has 1 atom stereocenters. The van der Waals surface area contributed by atoms with Crippen LogP contribution in [0.3, 0.4) is 0 Å². The maximum Gasteiger partial charge on any atom is 0.338 e. The number of allylic oxidation sites excluding steroid dienone is 1. The quantitative estimate of drug-likeness (QED) is 0.165. The Morgan fingerprint density at radius 3 is 2.64 bits per heavy atom. The van der Waals surface area contributed by atoms with E-state index < -0.39 is 12.0 Å². The second-order valence-corrected chi connectivity index (χ2v) is 12.0. The zero-order chi connectivity index (χ0) is 31.0. The van der Waals surface area contributed by atoms with Crippen LogP contribution in [0.25, 0.3) is 28.2 Å². The number of rotatable bonds is 8. The third-order valence-corrected chi connectivity index (χ3v) is 9.14. The Labute approximate surface area is 267 Å². The molecule has 0 bridgehead atoms. The Bertz CT molecular complexity index is 2130. The minimum atomic E-state index is -0.821.